The maximum atomic E-state index is 13.4. The molecule has 1 atom stereocenters. The van der Waals surface area contributed by atoms with Crippen LogP contribution in [0.25, 0.3) is 0 Å². The molecule has 30 heavy (non-hydrogen) atoms. The van der Waals surface area contributed by atoms with Gasteiger partial charge in [0.2, 0.25) is 0 Å². The second-order valence-corrected chi connectivity index (χ2v) is 7.43. The van der Waals surface area contributed by atoms with Crippen molar-refractivity contribution in [2.75, 3.05) is 27.9 Å². The number of rotatable bonds is 6. The molecule has 4 nitrogen and oxygen atoms in total. The summed E-state index contributed by atoms with van der Waals surface area (Å²) < 4.78 is 29.8. The Bertz CT molecular complexity index is 1000. The zero-order valence-corrected chi connectivity index (χ0v) is 17.5. The second kappa shape index (κ2) is 8.76. The highest BCUT2D eigenvalue weighted by Gasteiger charge is 2.30. The average molecular weight is 407 g/mol. The molecule has 0 spiro atoms. The standard InChI is InChI=1S/C25H26FNO3/c1-28-21-10-6-18(7-11-21)25-22-15-24(30-3)23(29-2)14-19(22)12-13-27(25)16-17-4-8-20(26)9-5-17/h4-11,14-15,25H,12-13,16H2,1-3H3. The van der Waals surface area contributed by atoms with Crippen LogP contribution in [-0.4, -0.2) is 32.8 Å². The average Bonchev–Trinajstić information content (AvgIpc) is 2.79. The van der Waals surface area contributed by atoms with E-state index in [4.69, 9.17) is 14.2 Å². The highest BCUT2D eigenvalue weighted by atomic mass is 19.1. The molecule has 1 unspecified atom stereocenters. The van der Waals surface area contributed by atoms with Gasteiger partial charge in [-0.15, -0.1) is 0 Å². The van der Waals surface area contributed by atoms with E-state index in [2.05, 4.69) is 29.2 Å². The highest BCUT2D eigenvalue weighted by molar-refractivity contribution is 5.52. The van der Waals surface area contributed by atoms with Crippen LogP contribution < -0.4 is 14.2 Å². The number of nitrogens with zero attached hydrogens (tertiary/aromatic N) is 1. The van der Waals surface area contributed by atoms with Crippen molar-refractivity contribution in [3.8, 4) is 17.2 Å². The van der Waals surface area contributed by atoms with Crippen LogP contribution in [0, 0.1) is 5.82 Å². The lowest BCUT2D eigenvalue weighted by Crippen LogP contribution is -2.35. The molecule has 4 rings (SSSR count). The maximum absolute atomic E-state index is 13.4. The Morgan fingerprint density at radius 1 is 0.867 bits per heavy atom. The Morgan fingerprint density at radius 3 is 2.17 bits per heavy atom. The first-order chi connectivity index (χ1) is 14.6. The van der Waals surface area contributed by atoms with Gasteiger partial charge in [0.15, 0.2) is 11.5 Å². The first-order valence-corrected chi connectivity index (χ1v) is 10.00. The topological polar surface area (TPSA) is 30.9 Å². The van der Waals surface area contributed by atoms with Crippen molar-refractivity contribution in [3.05, 3.63) is 88.7 Å². The molecule has 156 valence electrons. The fourth-order valence-corrected chi connectivity index (χ4v) is 4.17. The molecule has 3 aromatic rings. The zero-order chi connectivity index (χ0) is 21.1. The molecule has 0 N–H and O–H groups in total. The number of hydrogen-bond acceptors (Lipinski definition) is 4. The van der Waals surface area contributed by atoms with Crippen molar-refractivity contribution in [1.29, 1.82) is 0 Å². The van der Waals surface area contributed by atoms with E-state index in [1.807, 2.05) is 24.3 Å². The predicted molar refractivity (Wildman–Crippen MR) is 115 cm³/mol. The van der Waals surface area contributed by atoms with E-state index < -0.39 is 0 Å². The highest BCUT2D eigenvalue weighted by Crippen LogP contribution is 2.41. The smallest absolute Gasteiger partial charge is 0.161 e. The number of benzene rings is 3. The van der Waals surface area contributed by atoms with Gasteiger partial charge in [-0.05, 0) is 65.1 Å². The van der Waals surface area contributed by atoms with E-state index in [-0.39, 0.29) is 11.9 Å². The van der Waals surface area contributed by atoms with Gasteiger partial charge >= 0.3 is 0 Å². The predicted octanol–water partition coefficient (Wildman–Crippen LogP) is 5.00. The van der Waals surface area contributed by atoms with E-state index in [0.717, 1.165) is 42.3 Å². The molecule has 1 aliphatic rings. The molecule has 0 radical (unpaired) electrons. The molecular weight excluding hydrogens is 381 g/mol. The molecule has 0 fully saturated rings. The number of ether oxygens (including phenoxy) is 3. The summed E-state index contributed by atoms with van der Waals surface area (Å²) in [6.45, 7) is 1.61. The van der Waals surface area contributed by atoms with E-state index in [1.54, 1.807) is 21.3 Å². The summed E-state index contributed by atoms with van der Waals surface area (Å²) in [7, 11) is 4.99. The molecule has 0 aromatic heterocycles. The lowest BCUT2D eigenvalue weighted by molar-refractivity contribution is 0.203. The van der Waals surface area contributed by atoms with Gasteiger partial charge in [-0.3, -0.25) is 4.90 Å². The maximum Gasteiger partial charge on any atom is 0.161 e. The SMILES string of the molecule is COc1ccc(C2c3cc(OC)c(OC)cc3CCN2Cc2ccc(F)cc2)cc1. The van der Waals surface area contributed by atoms with E-state index >= 15 is 0 Å². The minimum absolute atomic E-state index is 0.0458. The van der Waals surface area contributed by atoms with Crippen LogP contribution in [0.4, 0.5) is 4.39 Å². The van der Waals surface area contributed by atoms with Crippen LogP contribution >= 0.6 is 0 Å². The fourth-order valence-electron chi connectivity index (χ4n) is 4.17. The number of halogens is 1. The third-order valence-corrected chi connectivity index (χ3v) is 5.70. The summed E-state index contributed by atoms with van der Waals surface area (Å²) in [6, 6.07) is 19.1. The first kappa shape index (κ1) is 20.2. The third-order valence-electron chi connectivity index (χ3n) is 5.70. The third kappa shape index (κ3) is 3.98. The molecule has 0 saturated carbocycles. The van der Waals surface area contributed by atoms with Crippen molar-refractivity contribution in [3.63, 3.8) is 0 Å². The Balaban J connectivity index is 1.77. The van der Waals surface area contributed by atoms with Gasteiger partial charge in [0.05, 0.1) is 27.4 Å². The molecule has 0 aliphatic carbocycles. The van der Waals surface area contributed by atoms with E-state index in [0.29, 0.717) is 0 Å². The van der Waals surface area contributed by atoms with Gasteiger partial charge in [0.1, 0.15) is 11.6 Å². The monoisotopic (exact) mass is 407 g/mol. The van der Waals surface area contributed by atoms with E-state index in [9.17, 15) is 4.39 Å². The Labute approximate surface area is 176 Å². The van der Waals surface area contributed by atoms with Gasteiger partial charge < -0.3 is 14.2 Å². The quantitative estimate of drug-likeness (QED) is 0.575. The molecule has 1 aliphatic heterocycles. The summed E-state index contributed by atoms with van der Waals surface area (Å²) in [4.78, 5) is 2.42. The van der Waals surface area contributed by atoms with E-state index in [1.165, 1.54) is 28.8 Å². The summed E-state index contributed by atoms with van der Waals surface area (Å²) in [6.07, 6.45) is 0.906. The van der Waals surface area contributed by atoms with Crippen LogP contribution in [0.3, 0.4) is 0 Å². The van der Waals surface area contributed by atoms with Gasteiger partial charge in [0.25, 0.3) is 0 Å². The first-order valence-electron chi connectivity index (χ1n) is 10.00. The van der Waals surface area contributed by atoms with Crippen LogP contribution in [0.5, 0.6) is 17.2 Å². The van der Waals surface area contributed by atoms with Crippen molar-refractivity contribution in [2.45, 2.75) is 19.0 Å². The molecule has 5 heteroatoms. The largest absolute Gasteiger partial charge is 0.497 e. The van der Waals surface area contributed by atoms with Crippen molar-refractivity contribution in [1.82, 2.24) is 4.90 Å². The molecule has 3 aromatic carbocycles. The Hall–Kier alpha value is -3.05. The molecule has 1 heterocycles. The Kier molecular flexibility index (Phi) is 5.91. The lowest BCUT2D eigenvalue weighted by atomic mass is 9.87. The number of methoxy groups -OCH3 is 3. The van der Waals surface area contributed by atoms with Crippen LogP contribution in [0.15, 0.2) is 60.7 Å². The van der Waals surface area contributed by atoms with Crippen molar-refractivity contribution >= 4 is 0 Å². The lowest BCUT2D eigenvalue weighted by Gasteiger charge is -2.38. The second-order valence-electron chi connectivity index (χ2n) is 7.43. The van der Waals surface area contributed by atoms with Crippen molar-refractivity contribution in [2.24, 2.45) is 0 Å². The van der Waals surface area contributed by atoms with Crippen molar-refractivity contribution < 1.29 is 18.6 Å². The zero-order valence-electron chi connectivity index (χ0n) is 17.5. The molecule has 0 bridgehead atoms. The van der Waals surface area contributed by atoms with Gasteiger partial charge in [0, 0.05) is 13.1 Å². The summed E-state index contributed by atoms with van der Waals surface area (Å²) in [5.41, 5.74) is 4.71. The van der Waals surface area contributed by atoms with Gasteiger partial charge in [-0.2, -0.15) is 0 Å². The summed E-state index contributed by atoms with van der Waals surface area (Å²) in [5.74, 6) is 2.08. The van der Waals surface area contributed by atoms with Crippen LogP contribution in [0.2, 0.25) is 0 Å². The molecular formula is C25H26FNO3. The minimum atomic E-state index is -0.216. The molecule has 0 saturated heterocycles. The minimum Gasteiger partial charge on any atom is -0.497 e. The van der Waals surface area contributed by atoms with Crippen LogP contribution in [0.1, 0.15) is 28.3 Å². The summed E-state index contributed by atoms with van der Waals surface area (Å²) in [5, 5.41) is 0. The van der Waals surface area contributed by atoms with Gasteiger partial charge in [-0.25, -0.2) is 4.39 Å². The molecule has 0 amide bonds. The number of fused-ring (bicyclic) bond motifs is 1. The fraction of sp³-hybridized carbons (Fsp3) is 0.280. The van der Waals surface area contributed by atoms with Crippen LogP contribution in [-0.2, 0) is 13.0 Å². The van der Waals surface area contributed by atoms with Gasteiger partial charge in [-0.1, -0.05) is 24.3 Å². The summed E-state index contributed by atoms with van der Waals surface area (Å²) >= 11 is 0. The Morgan fingerprint density at radius 2 is 1.53 bits per heavy atom. The normalized spacial score (nSPS) is 16.1. The number of hydrogen-bond donors (Lipinski definition) is 0.